The van der Waals surface area contributed by atoms with Crippen molar-refractivity contribution < 1.29 is 0 Å². The maximum Gasteiger partial charge on any atom is 0.0361 e. The molecular weight excluding hydrogens is 309 g/mol. The number of hydrogen-bond donors (Lipinski definition) is 0. The molecule has 0 fully saturated rings. The first-order valence-corrected chi connectivity index (χ1v) is 10.0. The first-order valence-electron chi connectivity index (χ1n) is 8.69. The second-order valence-electron chi connectivity index (χ2n) is 8.64. The van der Waals surface area contributed by atoms with Crippen LogP contribution in [0.5, 0.6) is 0 Å². The molecule has 0 amide bonds. The average molecular weight is 341 g/mol. The number of anilines is 1. The van der Waals surface area contributed by atoms with E-state index < -0.39 is 0 Å². The molecule has 0 aliphatic carbocycles. The van der Waals surface area contributed by atoms with Gasteiger partial charge in [-0.2, -0.15) is 0 Å². The van der Waals surface area contributed by atoms with Crippen molar-refractivity contribution in [2.75, 3.05) is 19.0 Å². The zero-order valence-electron chi connectivity index (χ0n) is 16.5. The lowest BCUT2D eigenvalue weighted by atomic mass is 10.1. The van der Waals surface area contributed by atoms with Gasteiger partial charge in [0.2, 0.25) is 0 Å². The van der Waals surface area contributed by atoms with Crippen LogP contribution in [-0.4, -0.2) is 24.4 Å². The van der Waals surface area contributed by atoms with Gasteiger partial charge in [0, 0.05) is 19.8 Å². The van der Waals surface area contributed by atoms with Crippen molar-refractivity contribution >= 4 is 18.9 Å². The minimum atomic E-state index is -0.313. The summed E-state index contributed by atoms with van der Waals surface area (Å²) in [6.45, 7) is 14.3. The molecule has 0 spiro atoms. The monoisotopic (exact) mass is 341 g/mol. The van der Waals surface area contributed by atoms with Crippen LogP contribution in [-0.2, 0) is 0 Å². The summed E-state index contributed by atoms with van der Waals surface area (Å²) in [6.07, 6.45) is 0. The zero-order chi connectivity index (χ0) is 18.1. The van der Waals surface area contributed by atoms with Crippen LogP contribution in [0.4, 0.5) is 5.69 Å². The molecule has 0 aromatic heterocycles. The minimum absolute atomic E-state index is 0.271. The predicted octanol–water partition coefficient (Wildman–Crippen LogP) is 6.12. The maximum absolute atomic E-state index is 2.38. The Morgan fingerprint density at radius 3 is 1.67 bits per heavy atom. The second kappa shape index (κ2) is 6.89. The lowest BCUT2D eigenvalue weighted by Gasteiger charge is -2.42. The van der Waals surface area contributed by atoms with Gasteiger partial charge >= 0.3 is 0 Å². The molecule has 0 atom stereocenters. The van der Waals surface area contributed by atoms with Crippen LogP contribution in [0.15, 0.2) is 48.5 Å². The Labute approximate surface area is 149 Å². The summed E-state index contributed by atoms with van der Waals surface area (Å²) >= 11 is 0. The Morgan fingerprint density at radius 1 is 0.708 bits per heavy atom. The first kappa shape index (κ1) is 19.0. The summed E-state index contributed by atoms with van der Waals surface area (Å²) in [5.41, 5.74) is 3.95. The SMILES string of the molecule is CN(C)c1ccc(-c2ccccc2P(C(C)(C)C)C(C)(C)C)cc1. The minimum Gasteiger partial charge on any atom is -0.378 e. The fourth-order valence-corrected chi connectivity index (χ4v) is 7.72. The highest BCUT2D eigenvalue weighted by molar-refractivity contribution is 7.68. The molecule has 2 rings (SSSR count). The molecule has 130 valence electrons. The molecular formula is C22H32NP. The predicted molar refractivity (Wildman–Crippen MR) is 112 cm³/mol. The van der Waals surface area contributed by atoms with Gasteiger partial charge in [-0.15, -0.1) is 0 Å². The number of rotatable bonds is 3. The van der Waals surface area contributed by atoms with E-state index >= 15 is 0 Å². The van der Waals surface area contributed by atoms with Crippen LogP contribution in [0, 0.1) is 0 Å². The molecule has 0 bridgehead atoms. The van der Waals surface area contributed by atoms with Gasteiger partial charge < -0.3 is 4.90 Å². The smallest absolute Gasteiger partial charge is 0.0361 e. The van der Waals surface area contributed by atoms with Crippen molar-refractivity contribution in [1.29, 1.82) is 0 Å². The maximum atomic E-state index is 2.38. The quantitative estimate of drug-likeness (QED) is 0.608. The lowest BCUT2D eigenvalue weighted by molar-refractivity contribution is 0.715. The molecule has 0 N–H and O–H groups in total. The molecule has 0 saturated carbocycles. The van der Waals surface area contributed by atoms with E-state index in [0.717, 1.165) is 0 Å². The van der Waals surface area contributed by atoms with E-state index in [1.807, 2.05) is 0 Å². The van der Waals surface area contributed by atoms with Crippen LogP contribution < -0.4 is 10.2 Å². The Bertz CT molecular complexity index is 658. The van der Waals surface area contributed by atoms with Gasteiger partial charge in [0.15, 0.2) is 0 Å². The van der Waals surface area contributed by atoms with E-state index in [0.29, 0.717) is 0 Å². The fraction of sp³-hybridized carbons (Fsp3) is 0.455. The molecule has 0 aliphatic rings. The Hall–Kier alpha value is -1.33. The van der Waals surface area contributed by atoms with Gasteiger partial charge in [-0.3, -0.25) is 0 Å². The third-order valence-corrected chi connectivity index (χ3v) is 7.74. The largest absolute Gasteiger partial charge is 0.378 e. The van der Waals surface area contributed by atoms with Crippen molar-refractivity contribution in [3.63, 3.8) is 0 Å². The Balaban J connectivity index is 2.58. The third kappa shape index (κ3) is 4.19. The standard InChI is InChI=1S/C22H32NP/c1-21(2,3)24(22(4,5)6)20-12-10-9-11-19(20)17-13-15-18(16-14-17)23(7)8/h9-16H,1-8H3. The summed E-state index contributed by atoms with van der Waals surface area (Å²) in [5.74, 6) is 0. The molecule has 1 nitrogen and oxygen atoms in total. The van der Waals surface area contributed by atoms with Crippen LogP contribution in [0.3, 0.4) is 0 Å². The van der Waals surface area contributed by atoms with E-state index in [9.17, 15) is 0 Å². The highest BCUT2D eigenvalue weighted by Crippen LogP contribution is 2.59. The normalized spacial score (nSPS) is 12.5. The lowest BCUT2D eigenvalue weighted by Crippen LogP contribution is -2.31. The number of nitrogens with zero attached hydrogens (tertiary/aromatic N) is 1. The van der Waals surface area contributed by atoms with E-state index in [2.05, 4.69) is 109 Å². The summed E-state index contributed by atoms with van der Waals surface area (Å²) in [7, 11) is 3.86. The van der Waals surface area contributed by atoms with Crippen LogP contribution in [0.2, 0.25) is 0 Å². The van der Waals surface area contributed by atoms with Crippen LogP contribution >= 0.6 is 7.92 Å². The van der Waals surface area contributed by atoms with Crippen LogP contribution in [0.25, 0.3) is 11.1 Å². The number of hydrogen-bond acceptors (Lipinski definition) is 1. The molecule has 0 radical (unpaired) electrons. The zero-order valence-corrected chi connectivity index (χ0v) is 17.4. The summed E-state index contributed by atoms with van der Waals surface area (Å²) in [4.78, 5) is 2.15. The molecule has 2 aromatic rings. The molecule has 0 unspecified atom stereocenters. The van der Waals surface area contributed by atoms with Crippen molar-refractivity contribution in [1.82, 2.24) is 0 Å². The highest BCUT2D eigenvalue weighted by Gasteiger charge is 2.36. The van der Waals surface area contributed by atoms with Crippen molar-refractivity contribution in [3.05, 3.63) is 48.5 Å². The fourth-order valence-electron chi connectivity index (χ4n) is 3.58. The molecule has 2 aromatic carbocycles. The van der Waals surface area contributed by atoms with Gasteiger partial charge in [-0.1, -0.05) is 85.9 Å². The molecule has 24 heavy (non-hydrogen) atoms. The van der Waals surface area contributed by atoms with E-state index in [1.54, 1.807) is 0 Å². The Morgan fingerprint density at radius 2 is 1.21 bits per heavy atom. The third-order valence-electron chi connectivity index (χ3n) is 4.18. The summed E-state index contributed by atoms with van der Waals surface area (Å²) < 4.78 is 0. The van der Waals surface area contributed by atoms with Crippen molar-refractivity contribution in [2.45, 2.75) is 51.9 Å². The molecule has 0 aliphatic heterocycles. The van der Waals surface area contributed by atoms with Crippen LogP contribution in [0.1, 0.15) is 41.5 Å². The van der Waals surface area contributed by atoms with E-state index in [-0.39, 0.29) is 18.2 Å². The Kier molecular flexibility index (Phi) is 5.45. The van der Waals surface area contributed by atoms with Gasteiger partial charge in [-0.05, 0) is 38.9 Å². The van der Waals surface area contributed by atoms with Gasteiger partial charge in [0.25, 0.3) is 0 Å². The summed E-state index contributed by atoms with van der Waals surface area (Å²) in [5, 5.41) is 2.06. The van der Waals surface area contributed by atoms with Gasteiger partial charge in [0.1, 0.15) is 0 Å². The van der Waals surface area contributed by atoms with E-state index in [4.69, 9.17) is 0 Å². The second-order valence-corrected chi connectivity index (χ2v) is 12.5. The van der Waals surface area contributed by atoms with E-state index in [1.165, 1.54) is 22.1 Å². The van der Waals surface area contributed by atoms with Crippen molar-refractivity contribution in [2.24, 2.45) is 0 Å². The van der Waals surface area contributed by atoms with Crippen molar-refractivity contribution in [3.8, 4) is 11.1 Å². The molecule has 2 heteroatoms. The average Bonchev–Trinajstić information content (AvgIpc) is 2.45. The van der Waals surface area contributed by atoms with Gasteiger partial charge in [0.05, 0.1) is 0 Å². The number of benzene rings is 2. The topological polar surface area (TPSA) is 3.24 Å². The summed E-state index contributed by atoms with van der Waals surface area (Å²) in [6, 6.07) is 17.9. The first-order chi connectivity index (χ1) is 11.0. The van der Waals surface area contributed by atoms with Gasteiger partial charge in [-0.25, -0.2) is 0 Å². The molecule has 0 saturated heterocycles. The highest BCUT2D eigenvalue weighted by atomic mass is 31.1. The molecule has 0 heterocycles.